The van der Waals surface area contributed by atoms with Gasteiger partial charge in [0, 0.05) is 24.7 Å². The Balaban J connectivity index is 1.33. The highest BCUT2D eigenvalue weighted by Crippen LogP contribution is 2.30. The van der Waals surface area contributed by atoms with Crippen molar-refractivity contribution in [3.63, 3.8) is 0 Å². The maximum Gasteiger partial charge on any atom is 0.253 e. The molecule has 0 aliphatic carbocycles. The Bertz CT molecular complexity index is 1760. The number of sulfonamides is 1. The molecule has 1 aliphatic heterocycles. The lowest BCUT2D eigenvalue weighted by molar-refractivity contribution is 0.0711. The Labute approximate surface area is 235 Å². The van der Waals surface area contributed by atoms with Crippen LogP contribution in [0.15, 0.2) is 106 Å². The zero-order valence-corrected chi connectivity index (χ0v) is 24.1. The minimum absolute atomic E-state index is 0.0332. The molecule has 0 unspecified atom stereocenters. The monoisotopic (exact) mass is 576 g/mol. The summed E-state index contributed by atoms with van der Waals surface area (Å²) in [7, 11) is -7.92. The predicted molar refractivity (Wildman–Crippen MR) is 156 cm³/mol. The lowest BCUT2D eigenvalue weighted by atomic mass is 10.0. The van der Waals surface area contributed by atoms with Crippen LogP contribution in [0.2, 0.25) is 0 Å². The van der Waals surface area contributed by atoms with Gasteiger partial charge in [0.1, 0.15) is 0 Å². The summed E-state index contributed by atoms with van der Waals surface area (Å²) in [6, 6.07) is 25.4. The first-order valence-electron chi connectivity index (χ1n) is 13.3. The second-order valence-corrected chi connectivity index (χ2v) is 14.1. The lowest BCUT2D eigenvalue weighted by Gasteiger charge is -2.32. The van der Waals surface area contributed by atoms with Gasteiger partial charge >= 0.3 is 0 Å². The van der Waals surface area contributed by atoms with Gasteiger partial charge in [-0.2, -0.15) is 0 Å². The van der Waals surface area contributed by atoms with E-state index in [0.29, 0.717) is 37.1 Å². The van der Waals surface area contributed by atoms with Crippen molar-refractivity contribution in [1.29, 1.82) is 0 Å². The van der Waals surface area contributed by atoms with E-state index >= 15 is 0 Å². The molecule has 0 atom stereocenters. The zero-order valence-electron chi connectivity index (χ0n) is 22.4. The first-order valence-corrected chi connectivity index (χ1v) is 16.3. The van der Waals surface area contributed by atoms with Crippen LogP contribution in [0, 0.1) is 0 Å². The van der Waals surface area contributed by atoms with Crippen LogP contribution >= 0.6 is 0 Å². The van der Waals surface area contributed by atoms with Crippen molar-refractivity contribution in [2.45, 2.75) is 53.3 Å². The van der Waals surface area contributed by atoms with Crippen LogP contribution in [0.25, 0.3) is 10.8 Å². The molecule has 0 saturated carbocycles. The molecule has 1 heterocycles. The predicted octanol–water partition coefficient (Wildman–Crippen LogP) is 5.38. The summed E-state index contributed by atoms with van der Waals surface area (Å²) >= 11 is 0. The van der Waals surface area contributed by atoms with Crippen LogP contribution in [0.3, 0.4) is 0 Å². The molecule has 1 fully saturated rings. The largest absolute Gasteiger partial charge is 0.339 e. The molecule has 40 heavy (non-hydrogen) atoms. The Kier molecular flexibility index (Phi) is 7.81. The number of benzene rings is 4. The molecule has 1 saturated heterocycles. The summed E-state index contributed by atoms with van der Waals surface area (Å²) in [6.45, 7) is 4.57. The van der Waals surface area contributed by atoms with E-state index in [1.165, 1.54) is 24.3 Å². The average molecular weight is 577 g/mol. The molecule has 208 valence electrons. The smallest absolute Gasteiger partial charge is 0.253 e. The molecule has 4 aromatic carbocycles. The zero-order chi connectivity index (χ0) is 28.5. The SMILES string of the molecule is CC(C)c1ccc(S(=O)(=O)c2ccccc2)cc1S(=O)(=O)NC1CCN(C(=O)c2ccc3ccccc3c2)CC1. The summed E-state index contributed by atoms with van der Waals surface area (Å²) in [4.78, 5) is 14.9. The number of sulfone groups is 1. The van der Waals surface area contributed by atoms with Gasteiger partial charge in [-0.1, -0.05) is 68.4 Å². The highest BCUT2D eigenvalue weighted by molar-refractivity contribution is 7.91. The Hall–Kier alpha value is -3.53. The number of hydrogen-bond donors (Lipinski definition) is 1. The van der Waals surface area contributed by atoms with E-state index in [9.17, 15) is 21.6 Å². The molecule has 9 heteroatoms. The maximum atomic E-state index is 13.6. The van der Waals surface area contributed by atoms with Crippen LogP contribution in [-0.2, 0) is 19.9 Å². The summed E-state index contributed by atoms with van der Waals surface area (Å²) in [5.41, 5.74) is 1.15. The fourth-order valence-corrected chi connectivity index (χ4v) is 8.20. The molecular weight excluding hydrogens is 544 g/mol. The van der Waals surface area contributed by atoms with Crippen molar-refractivity contribution in [3.8, 4) is 0 Å². The number of likely N-dealkylation sites (tertiary alicyclic amines) is 1. The molecule has 0 aromatic heterocycles. The average Bonchev–Trinajstić information content (AvgIpc) is 2.97. The van der Waals surface area contributed by atoms with Crippen molar-refractivity contribution in [2.75, 3.05) is 13.1 Å². The van der Waals surface area contributed by atoms with Gasteiger partial charge in [-0.25, -0.2) is 21.6 Å². The van der Waals surface area contributed by atoms with E-state index in [1.54, 1.807) is 29.2 Å². The number of hydrogen-bond acceptors (Lipinski definition) is 5. The van der Waals surface area contributed by atoms with Gasteiger partial charge in [-0.3, -0.25) is 4.79 Å². The van der Waals surface area contributed by atoms with Gasteiger partial charge in [0.05, 0.1) is 14.7 Å². The van der Waals surface area contributed by atoms with Gasteiger partial charge in [0.2, 0.25) is 19.9 Å². The van der Waals surface area contributed by atoms with E-state index < -0.39 is 19.9 Å². The van der Waals surface area contributed by atoms with Gasteiger partial charge in [0.25, 0.3) is 5.91 Å². The van der Waals surface area contributed by atoms with Crippen LogP contribution in [0.4, 0.5) is 0 Å². The van der Waals surface area contributed by atoms with E-state index in [2.05, 4.69) is 4.72 Å². The number of nitrogens with one attached hydrogen (secondary N) is 1. The minimum atomic E-state index is -4.03. The third kappa shape index (κ3) is 5.68. The fourth-order valence-electron chi connectivity index (χ4n) is 5.12. The first-order chi connectivity index (χ1) is 19.1. The molecule has 1 aliphatic rings. The highest BCUT2D eigenvalue weighted by atomic mass is 32.2. The minimum Gasteiger partial charge on any atom is -0.339 e. The second kappa shape index (κ2) is 11.2. The standard InChI is InChI=1S/C31H32N2O5S2/c1-22(2)29-15-14-28(39(35,36)27-10-4-3-5-11-27)21-30(29)40(37,38)32-26-16-18-33(19-17-26)31(34)25-13-12-23-8-6-7-9-24(23)20-25/h3-15,20-22,26,32H,16-19H2,1-2H3. The summed E-state index contributed by atoms with van der Waals surface area (Å²) in [5, 5.41) is 2.06. The quantitative estimate of drug-likeness (QED) is 0.318. The molecule has 1 N–H and O–H groups in total. The number of carbonyl (C=O) groups excluding carboxylic acids is 1. The van der Waals surface area contributed by atoms with Gasteiger partial charge < -0.3 is 4.90 Å². The Morgan fingerprint density at radius 1 is 0.775 bits per heavy atom. The number of piperidine rings is 1. The van der Waals surface area contributed by atoms with Crippen LogP contribution in [0.5, 0.6) is 0 Å². The number of amides is 1. The van der Waals surface area contributed by atoms with Gasteiger partial charge in [0.15, 0.2) is 0 Å². The third-order valence-corrected chi connectivity index (χ3v) is 10.7. The van der Waals surface area contributed by atoms with Crippen LogP contribution < -0.4 is 4.72 Å². The van der Waals surface area contributed by atoms with E-state index in [1.807, 2.05) is 56.3 Å². The van der Waals surface area contributed by atoms with Gasteiger partial charge in [-0.05, 0) is 71.5 Å². The summed E-state index contributed by atoms with van der Waals surface area (Å²) < 4.78 is 56.5. The van der Waals surface area contributed by atoms with E-state index in [-0.39, 0.29) is 32.6 Å². The number of rotatable bonds is 7. The topological polar surface area (TPSA) is 101 Å². The van der Waals surface area contributed by atoms with Gasteiger partial charge in [-0.15, -0.1) is 0 Å². The maximum absolute atomic E-state index is 13.6. The molecule has 0 bridgehead atoms. The van der Waals surface area contributed by atoms with Crippen molar-refractivity contribution in [3.05, 3.63) is 102 Å². The van der Waals surface area contributed by atoms with Crippen LogP contribution in [0.1, 0.15) is 48.5 Å². The number of nitrogens with zero attached hydrogens (tertiary/aromatic N) is 1. The Morgan fingerprint density at radius 2 is 1.43 bits per heavy atom. The molecular formula is C31H32N2O5S2. The third-order valence-electron chi connectivity index (χ3n) is 7.36. The number of fused-ring (bicyclic) bond motifs is 1. The molecule has 4 aromatic rings. The summed E-state index contributed by atoms with van der Waals surface area (Å²) in [5.74, 6) is -0.213. The van der Waals surface area contributed by atoms with E-state index in [0.717, 1.165) is 10.8 Å². The van der Waals surface area contributed by atoms with Crippen molar-refractivity contribution < 1.29 is 21.6 Å². The normalized spacial score (nSPS) is 15.0. The fraction of sp³-hybridized carbons (Fsp3) is 0.258. The molecule has 0 radical (unpaired) electrons. The van der Waals surface area contributed by atoms with Crippen molar-refractivity contribution in [2.24, 2.45) is 0 Å². The molecule has 7 nitrogen and oxygen atoms in total. The van der Waals surface area contributed by atoms with Crippen molar-refractivity contribution in [1.82, 2.24) is 9.62 Å². The molecule has 5 rings (SSSR count). The highest BCUT2D eigenvalue weighted by Gasteiger charge is 2.30. The van der Waals surface area contributed by atoms with Crippen LogP contribution in [-0.4, -0.2) is 46.8 Å². The Morgan fingerprint density at radius 3 is 2.10 bits per heavy atom. The first kappa shape index (κ1) is 28.0. The molecule has 0 spiro atoms. The lowest BCUT2D eigenvalue weighted by Crippen LogP contribution is -2.46. The number of carbonyl (C=O) groups is 1. The molecule has 1 amide bonds. The second-order valence-electron chi connectivity index (χ2n) is 10.4. The summed E-state index contributed by atoms with van der Waals surface area (Å²) in [6.07, 6.45) is 0.912. The van der Waals surface area contributed by atoms with Crippen molar-refractivity contribution >= 4 is 36.5 Å². The van der Waals surface area contributed by atoms with E-state index in [4.69, 9.17) is 0 Å².